The molecule has 0 fully saturated rings. The number of benzene rings is 1. The van der Waals surface area contributed by atoms with Crippen LogP contribution in [0, 0.1) is 6.92 Å². The Balaban J connectivity index is 2.61. The van der Waals surface area contributed by atoms with Crippen LogP contribution in [0.2, 0.25) is 10.2 Å². The lowest BCUT2D eigenvalue weighted by Gasteiger charge is -2.04. The third kappa shape index (κ3) is 1.83. The van der Waals surface area contributed by atoms with Crippen LogP contribution in [0.5, 0.6) is 0 Å². The Morgan fingerprint density at radius 1 is 1.25 bits per heavy atom. The molecule has 2 nitrogen and oxygen atoms in total. The number of halogens is 2. The number of aryl methyl sites for hydroxylation is 1. The van der Waals surface area contributed by atoms with Crippen LogP contribution in [-0.2, 0) is 6.42 Å². The second-order valence-corrected chi connectivity index (χ2v) is 4.34. The van der Waals surface area contributed by atoms with E-state index in [1.165, 1.54) is 0 Å². The van der Waals surface area contributed by atoms with Crippen molar-refractivity contribution in [1.29, 1.82) is 0 Å². The molecular formula is C12H12Cl2N2. The van der Waals surface area contributed by atoms with Crippen molar-refractivity contribution in [2.24, 2.45) is 0 Å². The average molecular weight is 255 g/mol. The monoisotopic (exact) mass is 254 g/mol. The Morgan fingerprint density at radius 2 is 1.94 bits per heavy atom. The summed E-state index contributed by atoms with van der Waals surface area (Å²) < 4.78 is 1.69. The molecule has 1 heterocycles. The third-order valence-corrected chi connectivity index (χ3v) is 3.33. The van der Waals surface area contributed by atoms with Crippen LogP contribution in [0.1, 0.15) is 18.2 Å². The molecule has 0 aliphatic rings. The van der Waals surface area contributed by atoms with Gasteiger partial charge in [0.05, 0.1) is 16.4 Å². The average Bonchev–Trinajstić information content (AvgIpc) is 2.57. The lowest BCUT2D eigenvalue weighted by atomic mass is 10.2. The van der Waals surface area contributed by atoms with Crippen molar-refractivity contribution in [3.05, 3.63) is 45.7 Å². The van der Waals surface area contributed by atoms with Gasteiger partial charge in [-0.05, 0) is 25.5 Å². The van der Waals surface area contributed by atoms with Crippen LogP contribution in [0.15, 0.2) is 24.3 Å². The van der Waals surface area contributed by atoms with Crippen LogP contribution in [0.25, 0.3) is 5.69 Å². The van der Waals surface area contributed by atoms with Gasteiger partial charge in [0, 0.05) is 5.56 Å². The van der Waals surface area contributed by atoms with Crippen molar-refractivity contribution in [3.63, 3.8) is 0 Å². The fourth-order valence-electron chi connectivity index (χ4n) is 1.64. The zero-order valence-corrected chi connectivity index (χ0v) is 10.7. The van der Waals surface area contributed by atoms with Crippen molar-refractivity contribution in [3.8, 4) is 5.69 Å². The standard InChI is InChI=1S/C12H12Cl2N2/c1-3-10-8(2)12(14)16(15-10)11-7-5-4-6-9(11)13/h4-7H,3H2,1-2H3. The molecule has 0 atom stereocenters. The van der Waals surface area contributed by atoms with Gasteiger partial charge in [-0.15, -0.1) is 0 Å². The molecule has 0 saturated carbocycles. The van der Waals surface area contributed by atoms with E-state index in [4.69, 9.17) is 23.2 Å². The highest BCUT2D eigenvalue weighted by Crippen LogP contribution is 2.27. The summed E-state index contributed by atoms with van der Waals surface area (Å²) in [5.74, 6) is 0. The van der Waals surface area contributed by atoms with Crippen molar-refractivity contribution < 1.29 is 0 Å². The number of aromatic nitrogens is 2. The van der Waals surface area contributed by atoms with Crippen LogP contribution >= 0.6 is 23.2 Å². The van der Waals surface area contributed by atoms with E-state index in [0.717, 1.165) is 23.4 Å². The van der Waals surface area contributed by atoms with E-state index in [1.807, 2.05) is 31.2 Å². The van der Waals surface area contributed by atoms with E-state index in [-0.39, 0.29) is 0 Å². The number of hydrogen-bond acceptors (Lipinski definition) is 1. The highest BCUT2D eigenvalue weighted by atomic mass is 35.5. The summed E-state index contributed by atoms with van der Waals surface area (Å²) in [6.45, 7) is 4.03. The maximum atomic E-state index is 6.24. The highest BCUT2D eigenvalue weighted by molar-refractivity contribution is 6.33. The van der Waals surface area contributed by atoms with Crippen molar-refractivity contribution >= 4 is 23.2 Å². The Kier molecular flexibility index (Phi) is 3.22. The Labute approximate surface area is 105 Å². The Morgan fingerprint density at radius 3 is 2.50 bits per heavy atom. The van der Waals surface area contributed by atoms with Gasteiger partial charge in [-0.3, -0.25) is 0 Å². The smallest absolute Gasteiger partial charge is 0.136 e. The minimum absolute atomic E-state index is 0.630. The molecule has 0 N–H and O–H groups in total. The molecule has 1 aromatic heterocycles. The lowest BCUT2D eigenvalue weighted by molar-refractivity contribution is 0.842. The zero-order chi connectivity index (χ0) is 11.7. The maximum absolute atomic E-state index is 6.24. The SMILES string of the molecule is CCc1nn(-c2ccccc2Cl)c(Cl)c1C. The molecule has 0 unspecified atom stereocenters. The molecule has 0 bridgehead atoms. The number of hydrogen-bond donors (Lipinski definition) is 0. The molecule has 0 aliphatic carbocycles. The van der Waals surface area contributed by atoms with E-state index in [2.05, 4.69) is 12.0 Å². The molecule has 4 heteroatoms. The van der Waals surface area contributed by atoms with Gasteiger partial charge in [0.15, 0.2) is 0 Å². The first kappa shape index (κ1) is 11.5. The van der Waals surface area contributed by atoms with Gasteiger partial charge in [0.25, 0.3) is 0 Å². The van der Waals surface area contributed by atoms with Gasteiger partial charge in [0.2, 0.25) is 0 Å². The summed E-state index contributed by atoms with van der Waals surface area (Å²) in [6, 6.07) is 7.53. The molecule has 0 amide bonds. The van der Waals surface area contributed by atoms with Crippen LogP contribution in [-0.4, -0.2) is 9.78 Å². The Bertz CT molecular complexity index is 518. The summed E-state index contributed by atoms with van der Waals surface area (Å²) >= 11 is 12.4. The van der Waals surface area contributed by atoms with Gasteiger partial charge >= 0.3 is 0 Å². The van der Waals surface area contributed by atoms with Crippen molar-refractivity contribution in [2.75, 3.05) is 0 Å². The van der Waals surface area contributed by atoms with E-state index in [1.54, 1.807) is 4.68 Å². The molecule has 0 spiro atoms. The quantitative estimate of drug-likeness (QED) is 0.791. The van der Waals surface area contributed by atoms with E-state index < -0.39 is 0 Å². The fraction of sp³-hybridized carbons (Fsp3) is 0.250. The molecule has 16 heavy (non-hydrogen) atoms. The number of nitrogens with zero attached hydrogens (tertiary/aromatic N) is 2. The third-order valence-electron chi connectivity index (χ3n) is 2.56. The zero-order valence-electron chi connectivity index (χ0n) is 9.17. The first-order chi connectivity index (χ1) is 7.65. The normalized spacial score (nSPS) is 10.8. The first-order valence-electron chi connectivity index (χ1n) is 5.14. The first-order valence-corrected chi connectivity index (χ1v) is 5.89. The minimum atomic E-state index is 0.630. The Hall–Kier alpha value is -0.990. The summed E-state index contributed by atoms with van der Waals surface area (Å²) in [5, 5.41) is 5.74. The fourth-order valence-corrected chi connectivity index (χ4v) is 2.09. The molecule has 1 aromatic carbocycles. The molecule has 0 saturated heterocycles. The van der Waals surface area contributed by atoms with Crippen molar-refractivity contribution in [1.82, 2.24) is 9.78 Å². The second kappa shape index (κ2) is 4.48. The van der Waals surface area contributed by atoms with Crippen LogP contribution in [0.4, 0.5) is 0 Å². The summed E-state index contributed by atoms with van der Waals surface area (Å²) in [6.07, 6.45) is 0.864. The van der Waals surface area contributed by atoms with E-state index in [9.17, 15) is 0 Å². The van der Waals surface area contributed by atoms with E-state index in [0.29, 0.717) is 10.2 Å². The molecule has 84 valence electrons. The largest absolute Gasteiger partial charge is 0.220 e. The van der Waals surface area contributed by atoms with Crippen LogP contribution in [0.3, 0.4) is 0 Å². The summed E-state index contributed by atoms with van der Waals surface area (Å²) in [4.78, 5) is 0. The molecule has 2 rings (SSSR count). The summed E-state index contributed by atoms with van der Waals surface area (Å²) in [7, 11) is 0. The highest BCUT2D eigenvalue weighted by Gasteiger charge is 2.13. The van der Waals surface area contributed by atoms with Gasteiger partial charge in [-0.2, -0.15) is 5.10 Å². The lowest BCUT2D eigenvalue weighted by Crippen LogP contribution is -1.97. The molecule has 0 radical (unpaired) electrons. The second-order valence-electron chi connectivity index (χ2n) is 3.58. The number of rotatable bonds is 2. The number of para-hydroxylation sites is 1. The van der Waals surface area contributed by atoms with Crippen LogP contribution < -0.4 is 0 Å². The van der Waals surface area contributed by atoms with Gasteiger partial charge in [0.1, 0.15) is 5.15 Å². The predicted molar refractivity (Wildman–Crippen MR) is 67.7 cm³/mol. The van der Waals surface area contributed by atoms with Gasteiger partial charge in [-0.25, -0.2) is 4.68 Å². The van der Waals surface area contributed by atoms with Crippen molar-refractivity contribution in [2.45, 2.75) is 20.3 Å². The molecular weight excluding hydrogens is 243 g/mol. The maximum Gasteiger partial charge on any atom is 0.136 e. The minimum Gasteiger partial charge on any atom is -0.220 e. The summed E-state index contributed by atoms with van der Waals surface area (Å²) in [5.41, 5.74) is 2.84. The predicted octanol–water partition coefficient (Wildman–Crippen LogP) is 4.05. The molecule has 2 aromatic rings. The van der Waals surface area contributed by atoms with Gasteiger partial charge < -0.3 is 0 Å². The topological polar surface area (TPSA) is 17.8 Å². The van der Waals surface area contributed by atoms with E-state index >= 15 is 0 Å². The molecule has 0 aliphatic heterocycles. The van der Waals surface area contributed by atoms with Gasteiger partial charge in [-0.1, -0.05) is 42.3 Å².